The molecule has 0 saturated carbocycles. The van der Waals surface area contributed by atoms with Crippen LogP contribution in [0.2, 0.25) is 0 Å². The van der Waals surface area contributed by atoms with Crippen molar-refractivity contribution >= 4 is 22.6 Å². The molecule has 1 aliphatic rings. The molecule has 2 aromatic rings. The van der Waals surface area contributed by atoms with E-state index in [0.717, 1.165) is 22.3 Å². The van der Waals surface area contributed by atoms with Crippen molar-refractivity contribution in [3.05, 3.63) is 34.9 Å². The molecule has 1 aromatic heterocycles. The molecular weight excluding hydrogens is 300 g/mol. The predicted octanol–water partition coefficient (Wildman–Crippen LogP) is 2.78. The minimum atomic E-state index is 0.188. The second-order valence-electron chi connectivity index (χ2n) is 6.27. The number of nitriles is 1. The van der Waals surface area contributed by atoms with Gasteiger partial charge in [-0.25, -0.2) is 4.98 Å². The number of amides is 1. The first kappa shape index (κ1) is 16.3. The van der Waals surface area contributed by atoms with Crippen LogP contribution in [0.1, 0.15) is 30.0 Å². The first-order chi connectivity index (χ1) is 11.5. The lowest BCUT2D eigenvalue weighted by Crippen LogP contribution is -2.49. The standard InChI is InChI=1S/C19H22N4O/c1-4-17(24)22-7-9-23(10-8-22)19-16(12-20)11-15-6-5-13(2)14(3)18(15)21-19/h5-6,11H,4,7-10H2,1-3H3. The van der Waals surface area contributed by atoms with E-state index >= 15 is 0 Å². The lowest BCUT2D eigenvalue weighted by molar-refractivity contribution is -0.131. The van der Waals surface area contributed by atoms with Crippen LogP contribution in [0.15, 0.2) is 18.2 Å². The van der Waals surface area contributed by atoms with E-state index in [2.05, 4.69) is 30.9 Å². The van der Waals surface area contributed by atoms with Gasteiger partial charge in [-0.2, -0.15) is 5.26 Å². The molecule has 124 valence electrons. The number of hydrogen-bond acceptors (Lipinski definition) is 4. The Hall–Kier alpha value is -2.61. The van der Waals surface area contributed by atoms with E-state index in [1.165, 1.54) is 5.56 Å². The third kappa shape index (κ3) is 2.80. The summed E-state index contributed by atoms with van der Waals surface area (Å²) in [6.45, 7) is 8.82. The van der Waals surface area contributed by atoms with Crippen molar-refractivity contribution in [2.24, 2.45) is 0 Å². The van der Waals surface area contributed by atoms with E-state index in [9.17, 15) is 10.1 Å². The van der Waals surface area contributed by atoms with Crippen LogP contribution in [0, 0.1) is 25.2 Å². The number of carbonyl (C=O) groups excluding carboxylic acids is 1. The molecule has 1 saturated heterocycles. The van der Waals surface area contributed by atoms with Gasteiger partial charge in [-0.3, -0.25) is 4.79 Å². The van der Waals surface area contributed by atoms with Gasteiger partial charge in [-0.05, 0) is 31.0 Å². The summed E-state index contributed by atoms with van der Waals surface area (Å²) >= 11 is 0. The number of rotatable bonds is 2. The normalized spacial score (nSPS) is 14.8. The average Bonchev–Trinajstić information content (AvgIpc) is 2.63. The summed E-state index contributed by atoms with van der Waals surface area (Å²) in [6, 6.07) is 8.29. The predicted molar refractivity (Wildman–Crippen MR) is 95.0 cm³/mol. The highest BCUT2D eigenvalue weighted by molar-refractivity contribution is 5.86. The van der Waals surface area contributed by atoms with Crippen LogP contribution < -0.4 is 4.90 Å². The first-order valence-electron chi connectivity index (χ1n) is 8.39. The Morgan fingerprint density at radius 3 is 2.58 bits per heavy atom. The molecule has 3 rings (SSSR count). The number of hydrogen-bond donors (Lipinski definition) is 0. The van der Waals surface area contributed by atoms with Crippen LogP contribution >= 0.6 is 0 Å². The van der Waals surface area contributed by atoms with E-state index in [-0.39, 0.29) is 5.91 Å². The SMILES string of the molecule is CCC(=O)N1CCN(c2nc3c(C)c(C)ccc3cc2C#N)CC1. The molecule has 1 fully saturated rings. The van der Waals surface area contributed by atoms with Gasteiger partial charge in [-0.1, -0.05) is 19.1 Å². The van der Waals surface area contributed by atoms with Gasteiger partial charge < -0.3 is 9.80 Å². The largest absolute Gasteiger partial charge is 0.352 e. The Labute approximate surface area is 142 Å². The van der Waals surface area contributed by atoms with Crippen LogP contribution in [0.4, 0.5) is 5.82 Å². The van der Waals surface area contributed by atoms with Gasteiger partial charge in [0.2, 0.25) is 5.91 Å². The third-order valence-electron chi connectivity index (χ3n) is 4.85. The van der Waals surface area contributed by atoms with Gasteiger partial charge in [0.1, 0.15) is 11.9 Å². The molecule has 0 aliphatic carbocycles. The highest BCUT2D eigenvalue weighted by atomic mass is 16.2. The van der Waals surface area contributed by atoms with Gasteiger partial charge in [0.25, 0.3) is 0 Å². The Morgan fingerprint density at radius 1 is 1.25 bits per heavy atom. The summed E-state index contributed by atoms with van der Waals surface area (Å²) in [5.74, 6) is 0.926. The van der Waals surface area contributed by atoms with Crippen LogP contribution in [0.3, 0.4) is 0 Å². The number of fused-ring (bicyclic) bond motifs is 1. The van der Waals surface area contributed by atoms with Crippen molar-refractivity contribution in [3.63, 3.8) is 0 Å². The number of anilines is 1. The molecule has 0 atom stereocenters. The van der Waals surface area contributed by atoms with E-state index in [1.807, 2.05) is 24.0 Å². The maximum atomic E-state index is 11.8. The van der Waals surface area contributed by atoms with Crippen LogP contribution in [-0.2, 0) is 4.79 Å². The minimum absolute atomic E-state index is 0.188. The number of piperazine rings is 1. The number of aromatic nitrogens is 1. The second-order valence-corrected chi connectivity index (χ2v) is 6.27. The summed E-state index contributed by atoms with van der Waals surface area (Å²) < 4.78 is 0. The van der Waals surface area contributed by atoms with Crippen LogP contribution in [0.25, 0.3) is 10.9 Å². The fraction of sp³-hybridized carbons (Fsp3) is 0.421. The molecule has 0 unspecified atom stereocenters. The highest BCUT2D eigenvalue weighted by Crippen LogP contribution is 2.27. The number of aryl methyl sites for hydroxylation is 2. The van der Waals surface area contributed by atoms with Crippen molar-refractivity contribution in [3.8, 4) is 6.07 Å². The fourth-order valence-corrected chi connectivity index (χ4v) is 3.19. The van der Waals surface area contributed by atoms with Crippen molar-refractivity contribution in [1.29, 1.82) is 5.26 Å². The summed E-state index contributed by atoms with van der Waals surface area (Å²) in [4.78, 5) is 20.7. The van der Waals surface area contributed by atoms with Crippen LogP contribution in [-0.4, -0.2) is 42.0 Å². The summed E-state index contributed by atoms with van der Waals surface area (Å²) in [5, 5.41) is 10.5. The maximum absolute atomic E-state index is 11.8. The molecule has 1 amide bonds. The molecule has 0 radical (unpaired) electrons. The zero-order chi connectivity index (χ0) is 17.3. The Balaban J connectivity index is 1.96. The molecule has 0 N–H and O–H groups in total. The lowest BCUT2D eigenvalue weighted by atomic mass is 10.0. The molecule has 2 heterocycles. The fourth-order valence-electron chi connectivity index (χ4n) is 3.19. The molecule has 5 heteroatoms. The molecule has 1 aromatic carbocycles. The smallest absolute Gasteiger partial charge is 0.222 e. The third-order valence-corrected chi connectivity index (χ3v) is 4.85. The maximum Gasteiger partial charge on any atom is 0.222 e. The molecule has 0 spiro atoms. The number of nitrogens with zero attached hydrogens (tertiary/aromatic N) is 4. The van der Waals surface area contributed by atoms with Crippen molar-refractivity contribution in [2.45, 2.75) is 27.2 Å². The van der Waals surface area contributed by atoms with Gasteiger partial charge >= 0.3 is 0 Å². The Kier molecular flexibility index (Phi) is 4.39. The van der Waals surface area contributed by atoms with Gasteiger partial charge in [0, 0.05) is 38.0 Å². The second kappa shape index (κ2) is 6.48. The average molecular weight is 322 g/mol. The van der Waals surface area contributed by atoms with Crippen LogP contribution in [0.5, 0.6) is 0 Å². The van der Waals surface area contributed by atoms with Gasteiger partial charge in [0.05, 0.1) is 11.1 Å². The monoisotopic (exact) mass is 322 g/mol. The van der Waals surface area contributed by atoms with Crippen molar-refractivity contribution in [2.75, 3.05) is 31.1 Å². The zero-order valence-corrected chi connectivity index (χ0v) is 14.5. The Morgan fingerprint density at radius 2 is 1.96 bits per heavy atom. The first-order valence-corrected chi connectivity index (χ1v) is 8.39. The number of carbonyl (C=O) groups is 1. The number of pyridine rings is 1. The van der Waals surface area contributed by atoms with Gasteiger partial charge in [-0.15, -0.1) is 0 Å². The van der Waals surface area contributed by atoms with Crippen molar-refractivity contribution < 1.29 is 4.79 Å². The molecular formula is C19H22N4O. The van der Waals surface area contributed by atoms with E-state index in [1.54, 1.807) is 0 Å². The molecule has 5 nitrogen and oxygen atoms in total. The van der Waals surface area contributed by atoms with E-state index in [0.29, 0.717) is 38.2 Å². The topological polar surface area (TPSA) is 60.2 Å². The summed E-state index contributed by atoms with van der Waals surface area (Å²) in [7, 11) is 0. The Bertz CT molecular complexity index is 829. The lowest BCUT2D eigenvalue weighted by Gasteiger charge is -2.35. The van der Waals surface area contributed by atoms with E-state index in [4.69, 9.17) is 4.98 Å². The van der Waals surface area contributed by atoms with Crippen molar-refractivity contribution in [1.82, 2.24) is 9.88 Å². The quantitative estimate of drug-likeness (QED) is 0.853. The van der Waals surface area contributed by atoms with Gasteiger partial charge in [0.15, 0.2) is 0 Å². The minimum Gasteiger partial charge on any atom is -0.352 e. The number of benzene rings is 1. The zero-order valence-electron chi connectivity index (χ0n) is 14.5. The van der Waals surface area contributed by atoms with E-state index < -0.39 is 0 Å². The molecule has 0 bridgehead atoms. The highest BCUT2D eigenvalue weighted by Gasteiger charge is 2.23. The summed E-state index contributed by atoms with van der Waals surface area (Å²) in [6.07, 6.45) is 0.538. The summed E-state index contributed by atoms with van der Waals surface area (Å²) in [5.41, 5.74) is 3.90. The molecule has 1 aliphatic heterocycles. The molecule has 24 heavy (non-hydrogen) atoms.